The minimum atomic E-state index is -0.505. The molecule has 0 spiro atoms. The van der Waals surface area contributed by atoms with Gasteiger partial charge in [0.25, 0.3) is 5.91 Å². The Morgan fingerprint density at radius 2 is 1.67 bits per heavy atom. The molecule has 0 aliphatic rings. The highest BCUT2D eigenvalue weighted by molar-refractivity contribution is 6.10. The van der Waals surface area contributed by atoms with Gasteiger partial charge in [-0.05, 0) is 47.5 Å². The van der Waals surface area contributed by atoms with Crippen LogP contribution in [0.4, 0.5) is 0 Å². The molecule has 0 atom stereocenters. The summed E-state index contributed by atoms with van der Waals surface area (Å²) in [5.74, 6) is -0.382. The van der Waals surface area contributed by atoms with Crippen molar-refractivity contribution in [2.45, 2.75) is 0 Å². The minimum Gasteiger partial charge on any atom is -0.493 e. The number of hydrazone groups is 1. The van der Waals surface area contributed by atoms with Gasteiger partial charge in [0.15, 0.2) is 11.5 Å². The van der Waals surface area contributed by atoms with Gasteiger partial charge in [0.05, 0.1) is 30.0 Å². The van der Waals surface area contributed by atoms with E-state index in [1.807, 2.05) is 42.5 Å². The normalized spacial score (nSPS) is 10.8. The van der Waals surface area contributed by atoms with Crippen LogP contribution >= 0.6 is 0 Å². The molecular weight excluding hydrogens is 492 g/mol. The van der Waals surface area contributed by atoms with Crippen LogP contribution in [0.3, 0.4) is 0 Å². The summed E-state index contributed by atoms with van der Waals surface area (Å²) in [4.78, 5) is 28.7. The smallest absolute Gasteiger partial charge is 0.343 e. The van der Waals surface area contributed by atoms with Crippen LogP contribution in [0.15, 0.2) is 102 Å². The van der Waals surface area contributed by atoms with Crippen molar-refractivity contribution < 1.29 is 19.1 Å². The van der Waals surface area contributed by atoms with Crippen LogP contribution in [-0.4, -0.2) is 30.2 Å². The number of H-pyrrole nitrogens is 1. The monoisotopic (exact) mass is 514 g/mol. The molecule has 8 heteroatoms. The number of amides is 1. The van der Waals surface area contributed by atoms with E-state index in [-0.39, 0.29) is 11.4 Å². The third kappa shape index (κ3) is 5.24. The summed E-state index contributed by atoms with van der Waals surface area (Å²) in [5, 5.41) is 14.4. The van der Waals surface area contributed by atoms with Gasteiger partial charge < -0.3 is 14.5 Å². The van der Waals surface area contributed by atoms with Crippen LogP contribution in [0.25, 0.3) is 22.0 Å². The van der Waals surface area contributed by atoms with Crippen LogP contribution in [-0.2, 0) is 0 Å². The van der Waals surface area contributed by atoms with Crippen molar-refractivity contribution >= 4 is 29.0 Å². The molecule has 0 bridgehead atoms. The van der Waals surface area contributed by atoms with Gasteiger partial charge in [0.2, 0.25) is 0 Å². The molecule has 8 nitrogen and oxygen atoms in total. The molecule has 1 heterocycles. The summed E-state index contributed by atoms with van der Waals surface area (Å²) in [6, 6.07) is 30.6. The maximum absolute atomic E-state index is 13.2. The molecule has 39 heavy (non-hydrogen) atoms. The zero-order chi connectivity index (χ0) is 27.2. The number of para-hydroxylation sites is 1. The first-order valence-corrected chi connectivity index (χ1v) is 12.0. The number of rotatable bonds is 7. The number of aromatic amines is 1. The summed E-state index contributed by atoms with van der Waals surface area (Å²) in [6.07, 6.45) is 1.45. The zero-order valence-electron chi connectivity index (χ0n) is 20.8. The molecule has 4 aromatic carbocycles. The minimum absolute atomic E-state index is 0.256. The van der Waals surface area contributed by atoms with Gasteiger partial charge in [0, 0.05) is 10.9 Å². The van der Waals surface area contributed by atoms with Gasteiger partial charge in [-0.2, -0.15) is 10.4 Å². The Bertz CT molecular complexity index is 1740. The fourth-order valence-corrected chi connectivity index (χ4v) is 4.19. The predicted molar refractivity (Wildman–Crippen MR) is 148 cm³/mol. The van der Waals surface area contributed by atoms with Crippen LogP contribution in [0, 0.1) is 11.3 Å². The topological polar surface area (TPSA) is 117 Å². The lowest BCUT2D eigenvalue weighted by Crippen LogP contribution is -2.18. The number of methoxy groups -OCH3 is 1. The molecule has 0 unspecified atom stereocenters. The van der Waals surface area contributed by atoms with E-state index in [0.717, 1.165) is 10.9 Å². The Balaban J connectivity index is 1.37. The van der Waals surface area contributed by atoms with E-state index in [9.17, 15) is 14.9 Å². The number of esters is 1. The van der Waals surface area contributed by atoms with E-state index >= 15 is 0 Å². The third-order valence-electron chi connectivity index (χ3n) is 6.02. The van der Waals surface area contributed by atoms with Crippen LogP contribution in [0.5, 0.6) is 11.5 Å². The number of nitriles is 1. The summed E-state index contributed by atoms with van der Waals surface area (Å²) in [6.45, 7) is 0. The Morgan fingerprint density at radius 3 is 2.38 bits per heavy atom. The quantitative estimate of drug-likeness (QED) is 0.125. The van der Waals surface area contributed by atoms with Crippen molar-refractivity contribution in [2.24, 2.45) is 5.10 Å². The molecule has 5 aromatic rings. The maximum Gasteiger partial charge on any atom is 0.343 e. The van der Waals surface area contributed by atoms with Crippen molar-refractivity contribution in [1.82, 2.24) is 10.4 Å². The van der Waals surface area contributed by atoms with Crippen LogP contribution < -0.4 is 14.9 Å². The van der Waals surface area contributed by atoms with Crippen LogP contribution in [0.1, 0.15) is 32.0 Å². The average molecular weight is 515 g/mol. The highest BCUT2D eigenvalue weighted by Crippen LogP contribution is 2.34. The van der Waals surface area contributed by atoms with E-state index in [1.54, 1.807) is 54.6 Å². The van der Waals surface area contributed by atoms with Crippen LogP contribution in [0.2, 0.25) is 0 Å². The number of nitrogens with zero attached hydrogens (tertiary/aromatic N) is 2. The molecule has 0 aliphatic heterocycles. The number of hydrogen-bond donors (Lipinski definition) is 2. The number of hydrogen-bond acceptors (Lipinski definition) is 6. The Labute approximate surface area is 224 Å². The predicted octanol–water partition coefficient (Wildman–Crippen LogP) is 5.70. The SMILES string of the molecule is COc1cc(C=NNC(=O)c2[nH]c3c(C#N)cccc3c2-c2ccccc2)ccc1OC(=O)c1ccccc1. The lowest BCUT2D eigenvalue weighted by Gasteiger charge is -2.10. The van der Waals surface area contributed by atoms with E-state index in [0.29, 0.717) is 33.5 Å². The molecule has 0 saturated carbocycles. The molecule has 0 radical (unpaired) electrons. The van der Waals surface area contributed by atoms with E-state index < -0.39 is 11.9 Å². The van der Waals surface area contributed by atoms with Gasteiger partial charge in [0.1, 0.15) is 11.8 Å². The highest BCUT2D eigenvalue weighted by Gasteiger charge is 2.20. The second-order valence-corrected chi connectivity index (χ2v) is 8.45. The van der Waals surface area contributed by atoms with Gasteiger partial charge in [-0.3, -0.25) is 4.79 Å². The Kier molecular flexibility index (Phi) is 7.15. The third-order valence-corrected chi connectivity index (χ3v) is 6.02. The maximum atomic E-state index is 13.2. The molecule has 2 N–H and O–H groups in total. The first kappa shape index (κ1) is 25.0. The van der Waals surface area contributed by atoms with E-state index in [4.69, 9.17) is 9.47 Å². The summed E-state index contributed by atoms with van der Waals surface area (Å²) in [7, 11) is 1.47. The van der Waals surface area contributed by atoms with E-state index in [1.165, 1.54) is 13.3 Å². The molecule has 0 aliphatic carbocycles. The fraction of sp³-hybridized carbons (Fsp3) is 0.0323. The van der Waals surface area contributed by atoms with Crippen molar-refractivity contribution in [2.75, 3.05) is 7.11 Å². The van der Waals surface area contributed by atoms with Gasteiger partial charge in [-0.15, -0.1) is 0 Å². The number of ether oxygens (including phenoxy) is 2. The largest absolute Gasteiger partial charge is 0.493 e. The Morgan fingerprint density at radius 1 is 0.923 bits per heavy atom. The number of aromatic nitrogens is 1. The number of nitrogens with one attached hydrogen (secondary N) is 2. The van der Waals surface area contributed by atoms with Crippen molar-refractivity contribution in [3.63, 3.8) is 0 Å². The summed E-state index contributed by atoms with van der Waals surface area (Å²) in [5.41, 5.74) is 6.40. The summed E-state index contributed by atoms with van der Waals surface area (Å²) < 4.78 is 10.9. The first-order valence-electron chi connectivity index (χ1n) is 12.0. The standard InChI is InChI=1S/C31H22N4O4/c1-38-26-17-20(15-16-25(26)39-31(37)22-11-6-3-7-12-22)19-33-35-30(36)29-27(21-9-4-2-5-10-21)24-14-8-13-23(18-32)28(24)34-29/h2-17,19,34H,1H3,(H,35,36). The second kappa shape index (κ2) is 11.2. The Hall–Kier alpha value is -5.68. The summed E-state index contributed by atoms with van der Waals surface area (Å²) >= 11 is 0. The van der Waals surface area contributed by atoms with Gasteiger partial charge in [-0.25, -0.2) is 10.2 Å². The number of benzene rings is 4. The van der Waals surface area contributed by atoms with Crippen molar-refractivity contribution in [3.05, 3.63) is 119 Å². The molecule has 1 amide bonds. The molecule has 5 rings (SSSR count). The van der Waals surface area contributed by atoms with Crippen molar-refractivity contribution in [1.29, 1.82) is 5.26 Å². The number of fused-ring (bicyclic) bond motifs is 1. The van der Waals surface area contributed by atoms with Crippen molar-refractivity contribution in [3.8, 4) is 28.7 Å². The van der Waals surface area contributed by atoms with E-state index in [2.05, 4.69) is 21.6 Å². The van der Waals surface area contributed by atoms with Gasteiger partial charge in [-0.1, -0.05) is 60.7 Å². The average Bonchev–Trinajstić information content (AvgIpc) is 3.38. The van der Waals surface area contributed by atoms with Gasteiger partial charge >= 0.3 is 5.97 Å². The molecular formula is C31H22N4O4. The first-order chi connectivity index (χ1) is 19.1. The number of carbonyl (C=O) groups is 2. The number of carbonyl (C=O) groups excluding carboxylic acids is 2. The lowest BCUT2D eigenvalue weighted by molar-refractivity contribution is 0.0729. The molecule has 0 saturated heterocycles. The second-order valence-electron chi connectivity index (χ2n) is 8.45. The lowest BCUT2D eigenvalue weighted by atomic mass is 10.0. The highest BCUT2D eigenvalue weighted by atomic mass is 16.6. The molecule has 0 fully saturated rings. The zero-order valence-corrected chi connectivity index (χ0v) is 20.8. The molecule has 1 aromatic heterocycles. The molecule has 190 valence electrons. The fourth-order valence-electron chi connectivity index (χ4n) is 4.19.